The van der Waals surface area contributed by atoms with Crippen molar-refractivity contribution < 1.29 is 9.53 Å². The van der Waals surface area contributed by atoms with Gasteiger partial charge < -0.3 is 15.4 Å². The molecule has 1 aliphatic rings. The largest absolute Gasteiger partial charge is 0.491 e. The quantitative estimate of drug-likeness (QED) is 0.893. The maximum Gasteiger partial charge on any atom is 0.221 e. The maximum atomic E-state index is 11.1. The molecule has 0 bridgehead atoms. The van der Waals surface area contributed by atoms with E-state index in [0.717, 1.165) is 44.0 Å². The number of amides is 1. The van der Waals surface area contributed by atoms with Crippen LogP contribution >= 0.6 is 12.4 Å². The average molecular weight is 285 g/mol. The minimum absolute atomic E-state index is 0. The van der Waals surface area contributed by atoms with Crippen LogP contribution in [0.15, 0.2) is 24.3 Å². The summed E-state index contributed by atoms with van der Waals surface area (Å²) < 4.78 is 5.84. The Hall–Kier alpha value is -1.26. The van der Waals surface area contributed by atoms with Crippen molar-refractivity contribution in [2.24, 2.45) is 5.92 Å². The molecule has 5 heteroatoms. The molecule has 1 heterocycles. The van der Waals surface area contributed by atoms with Gasteiger partial charge in [-0.2, -0.15) is 0 Å². The Morgan fingerprint density at radius 3 is 2.74 bits per heavy atom. The standard InChI is InChI=1S/C14H20N2O2.ClH/c1-11(17)16-13-4-2-3-5-14(13)18-10-12-6-8-15-9-7-12;/h2-5,12,15H,6-10H2,1H3,(H,16,17);1H. The van der Waals surface area contributed by atoms with Crippen LogP contribution in [0, 0.1) is 5.92 Å². The molecule has 1 aromatic rings. The lowest BCUT2D eigenvalue weighted by atomic mass is 9.99. The topological polar surface area (TPSA) is 50.4 Å². The van der Waals surface area contributed by atoms with Crippen molar-refractivity contribution in [1.82, 2.24) is 5.32 Å². The molecule has 2 rings (SSSR count). The molecule has 0 atom stereocenters. The fourth-order valence-corrected chi connectivity index (χ4v) is 2.14. The number of rotatable bonds is 4. The SMILES string of the molecule is CC(=O)Nc1ccccc1OCC1CCNCC1.Cl. The van der Waals surface area contributed by atoms with E-state index < -0.39 is 0 Å². The van der Waals surface area contributed by atoms with E-state index in [9.17, 15) is 4.79 Å². The van der Waals surface area contributed by atoms with Gasteiger partial charge in [-0.3, -0.25) is 4.79 Å². The van der Waals surface area contributed by atoms with Crippen molar-refractivity contribution in [2.75, 3.05) is 25.0 Å². The van der Waals surface area contributed by atoms with Crippen LogP contribution in [-0.4, -0.2) is 25.6 Å². The van der Waals surface area contributed by atoms with Crippen LogP contribution in [-0.2, 0) is 4.79 Å². The number of hydrogen-bond acceptors (Lipinski definition) is 3. The van der Waals surface area contributed by atoms with E-state index in [1.165, 1.54) is 6.92 Å². The van der Waals surface area contributed by atoms with Crippen molar-refractivity contribution in [3.05, 3.63) is 24.3 Å². The fraction of sp³-hybridized carbons (Fsp3) is 0.500. The predicted molar refractivity (Wildman–Crippen MR) is 79.1 cm³/mol. The average Bonchev–Trinajstić information content (AvgIpc) is 2.38. The molecule has 0 saturated carbocycles. The van der Waals surface area contributed by atoms with Crippen LogP contribution in [0.25, 0.3) is 0 Å². The number of anilines is 1. The molecule has 1 aliphatic heterocycles. The van der Waals surface area contributed by atoms with Gasteiger partial charge >= 0.3 is 0 Å². The summed E-state index contributed by atoms with van der Waals surface area (Å²) in [5.41, 5.74) is 0.749. The maximum absolute atomic E-state index is 11.1. The molecule has 0 aliphatic carbocycles. The first kappa shape index (κ1) is 15.8. The summed E-state index contributed by atoms with van der Waals surface area (Å²) >= 11 is 0. The van der Waals surface area contributed by atoms with Gasteiger partial charge in [-0.15, -0.1) is 12.4 Å². The molecule has 1 amide bonds. The third-order valence-electron chi connectivity index (χ3n) is 3.13. The normalized spacial score (nSPS) is 15.4. The van der Waals surface area contributed by atoms with Crippen LogP contribution in [0.4, 0.5) is 5.69 Å². The molecule has 106 valence electrons. The molecule has 1 saturated heterocycles. The van der Waals surface area contributed by atoms with Gasteiger partial charge in [0.2, 0.25) is 5.91 Å². The molecule has 1 aromatic carbocycles. The number of para-hydroxylation sites is 2. The second-order valence-corrected chi connectivity index (χ2v) is 4.68. The van der Waals surface area contributed by atoms with E-state index in [1.54, 1.807) is 0 Å². The van der Waals surface area contributed by atoms with Crippen molar-refractivity contribution in [2.45, 2.75) is 19.8 Å². The molecule has 1 fully saturated rings. The number of halogens is 1. The number of hydrogen-bond donors (Lipinski definition) is 2. The third kappa shape index (κ3) is 5.09. The van der Waals surface area contributed by atoms with E-state index in [0.29, 0.717) is 5.92 Å². The van der Waals surface area contributed by atoms with E-state index >= 15 is 0 Å². The number of benzene rings is 1. The Morgan fingerprint density at radius 2 is 2.05 bits per heavy atom. The Balaban J connectivity index is 0.00000180. The van der Waals surface area contributed by atoms with Gasteiger partial charge in [-0.1, -0.05) is 12.1 Å². The molecule has 0 unspecified atom stereocenters. The highest BCUT2D eigenvalue weighted by molar-refractivity contribution is 5.90. The minimum Gasteiger partial charge on any atom is -0.491 e. The van der Waals surface area contributed by atoms with Gasteiger partial charge in [0, 0.05) is 6.92 Å². The Kier molecular flexibility index (Phi) is 6.67. The molecule has 0 aromatic heterocycles. The van der Waals surface area contributed by atoms with E-state index in [-0.39, 0.29) is 18.3 Å². The highest BCUT2D eigenvalue weighted by Gasteiger charge is 2.14. The lowest BCUT2D eigenvalue weighted by Crippen LogP contribution is -2.30. The third-order valence-corrected chi connectivity index (χ3v) is 3.13. The summed E-state index contributed by atoms with van der Waals surface area (Å²) in [5, 5.41) is 6.12. The van der Waals surface area contributed by atoms with Crippen molar-refractivity contribution >= 4 is 24.0 Å². The molecule has 4 nitrogen and oxygen atoms in total. The summed E-state index contributed by atoms with van der Waals surface area (Å²) in [6.07, 6.45) is 2.31. The van der Waals surface area contributed by atoms with E-state index in [1.807, 2.05) is 24.3 Å². The molecule has 0 radical (unpaired) electrons. The number of piperidine rings is 1. The van der Waals surface area contributed by atoms with Crippen LogP contribution in [0.3, 0.4) is 0 Å². The van der Waals surface area contributed by atoms with Crippen LogP contribution in [0.1, 0.15) is 19.8 Å². The van der Waals surface area contributed by atoms with Crippen LogP contribution in [0.5, 0.6) is 5.75 Å². The monoisotopic (exact) mass is 284 g/mol. The summed E-state index contributed by atoms with van der Waals surface area (Å²) in [6.45, 7) is 4.37. The zero-order valence-electron chi connectivity index (χ0n) is 11.1. The number of carbonyl (C=O) groups excluding carboxylic acids is 1. The molecular formula is C14H21ClN2O2. The van der Waals surface area contributed by atoms with Crippen molar-refractivity contribution in [1.29, 1.82) is 0 Å². The summed E-state index contributed by atoms with van der Waals surface area (Å²) in [4.78, 5) is 11.1. The Labute approximate surface area is 120 Å². The smallest absolute Gasteiger partial charge is 0.221 e. The highest BCUT2D eigenvalue weighted by atomic mass is 35.5. The lowest BCUT2D eigenvalue weighted by Gasteiger charge is -2.23. The van der Waals surface area contributed by atoms with Gasteiger partial charge in [-0.25, -0.2) is 0 Å². The van der Waals surface area contributed by atoms with Gasteiger partial charge in [0.1, 0.15) is 5.75 Å². The number of carbonyl (C=O) groups is 1. The Bertz CT molecular complexity index is 406. The van der Waals surface area contributed by atoms with E-state index in [2.05, 4.69) is 10.6 Å². The van der Waals surface area contributed by atoms with Gasteiger partial charge in [0.15, 0.2) is 0 Å². The fourth-order valence-electron chi connectivity index (χ4n) is 2.14. The molecule has 2 N–H and O–H groups in total. The van der Waals surface area contributed by atoms with Gasteiger partial charge in [0.25, 0.3) is 0 Å². The summed E-state index contributed by atoms with van der Waals surface area (Å²) in [6, 6.07) is 7.57. The van der Waals surface area contributed by atoms with E-state index in [4.69, 9.17) is 4.74 Å². The van der Waals surface area contributed by atoms with Crippen LogP contribution < -0.4 is 15.4 Å². The van der Waals surface area contributed by atoms with Crippen molar-refractivity contribution in [3.63, 3.8) is 0 Å². The predicted octanol–water partition coefficient (Wildman–Crippen LogP) is 2.45. The first-order chi connectivity index (χ1) is 8.75. The second-order valence-electron chi connectivity index (χ2n) is 4.68. The molecular weight excluding hydrogens is 264 g/mol. The summed E-state index contributed by atoms with van der Waals surface area (Å²) in [5.74, 6) is 1.29. The minimum atomic E-state index is -0.0760. The lowest BCUT2D eigenvalue weighted by molar-refractivity contribution is -0.114. The number of nitrogens with one attached hydrogen (secondary N) is 2. The zero-order valence-corrected chi connectivity index (χ0v) is 12.0. The molecule has 0 spiro atoms. The van der Waals surface area contributed by atoms with Crippen LogP contribution in [0.2, 0.25) is 0 Å². The first-order valence-corrected chi connectivity index (χ1v) is 6.46. The zero-order chi connectivity index (χ0) is 12.8. The summed E-state index contributed by atoms with van der Waals surface area (Å²) in [7, 11) is 0. The van der Waals surface area contributed by atoms with Gasteiger partial charge in [-0.05, 0) is 44.0 Å². The number of ether oxygens (including phenoxy) is 1. The second kappa shape index (κ2) is 8.02. The molecule has 19 heavy (non-hydrogen) atoms. The van der Waals surface area contributed by atoms with Gasteiger partial charge in [0.05, 0.1) is 12.3 Å². The Morgan fingerprint density at radius 1 is 1.37 bits per heavy atom. The van der Waals surface area contributed by atoms with Crippen molar-refractivity contribution in [3.8, 4) is 5.75 Å². The highest BCUT2D eigenvalue weighted by Crippen LogP contribution is 2.25. The first-order valence-electron chi connectivity index (χ1n) is 6.46.